The number of aromatic nitrogens is 2. The van der Waals surface area contributed by atoms with Crippen molar-refractivity contribution in [2.75, 3.05) is 5.32 Å². The summed E-state index contributed by atoms with van der Waals surface area (Å²) in [6, 6.07) is 8.41. The van der Waals surface area contributed by atoms with Crippen molar-refractivity contribution in [3.63, 3.8) is 0 Å². The van der Waals surface area contributed by atoms with Crippen molar-refractivity contribution in [3.8, 4) is 0 Å². The van der Waals surface area contributed by atoms with Gasteiger partial charge in [0.1, 0.15) is 6.04 Å². The lowest BCUT2D eigenvalue weighted by molar-refractivity contribution is 0.359. The zero-order valence-corrected chi connectivity index (χ0v) is 9.10. The van der Waals surface area contributed by atoms with Crippen LogP contribution in [-0.4, -0.2) is 10.1 Å². The van der Waals surface area contributed by atoms with Gasteiger partial charge in [-0.2, -0.15) is 4.98 Å². The van der Waals surface area contributed by atoms with Crippen LogP contribution in [0.1, 0.15) is 30.2 Å². The number of fused-ring (bicyclic) bond motifs is 1. The number of rotatable bonds is 2. The van der Waals surface area contributed by atoms with E-state index in [0.29, 0.717) is 5.89 Å². The first-order valence-electron chi connectivity index (χ1n) is 5.53. The SMILES string of the molecule is CCc1noc([C@@H]2Cc3ccccc3N2)n1. The average Bonchev–Trinajstić information content (AvgIpc) is 2.95. The molecule has 0 amide bonds. The van der Waals surface area contributed by atoms with Gasteiger partial charge >= 0.3 is 0 Å². The molecule has 3 rings (SSSR count). The highest BCUT2D eigenvalue weighted by atomic mass is 16.5. The van der Waals surface area contributed by atoms with Gasteiger partial charge in [-0.05, 0) is 11.6 Å². The van der Waals surface area contributed by atoms with Gasteiger partial charge in [-0.25, -0.2) is 0 Å². The molecule has 16 heavy (non-hydrogen) atoms. The fourth-order valence-electron chi connectivity index (χ4n) is 2.00. The lowest BCUT2D eigenvalue weighted by Crippen LogP contribution is -2.06. The summed E-state index contributed by atoms with van der Waals surface area (Å²) in [6.45, 7) is 2.02. The van der Waals surface area contributed by atoms with Crippen LogP contribution in [0.5, 0.6) is 0 Å². The molecular formula is C12H13N3O. The molecule has 0 saturated carbocycles. The molecule has 0 bridgehead atoms. The molecule has 0 saturated heterocycles. The minimum Gasteiger partial charge on any atom is -0.373 e. The quantitative estimate of drug-likeness (QED) is 0.835. The Kier molecular flexibility index (Phi) is 2.13. The normalized spacial score (nSPS) is 18.2. The van der Waals surface area contributed by atoms with Crippen LogP contribution in [0.3, 0.4) is 0 Å². The molecule has 2 aromatic rings. The van der Waals surface area contributed by atoms with Gasteiger partial charge in [0.2, 0.25) is 5.89 Å². The Morgan fingerprint density at radius 3 is 3.06 bits per heavy atom. The fraction of sp³-hybridized carbons (Fsp3) is 0.333. The molecule has 2 heterocycles. The van der Waals surface area contributed by atoms with Crippen LogP contribution in [0.4, 0.5) is 5.69 Å². The first-order valence-corrected chi connectivity index (χ1v) is 5.53. The summed E-state index contributed by atoms with van der Waals surface area (Å²) in [5.41, 5.74) is 2.48. The summed E-state index contributed by atoms with van der Waals surface area (Å²) in [6.07, 6.45) is 1.73. The summed E-state index contributed by atoms with van der Waals surface area (Å²) >= 11 is 0. The highest BCUT2D eigenvalue weighted by Gasteiger charge is 2.26. The van der Waals surface area contributed by atoms with Crippen LogP contribution >= 0.6 is 0 Å². The Bertz CT molecular complexity index is 481. The van der Waals surface area contributed by atoms with Gasteiger partial charge in [-0.15, -0.1) is 0 Å². The number of hydrogen-bond acceptors (Lipinski definition) is 4. The monoisotopic (exact) mass is 215 g/mol. The Hall–Kier alpha value is -1.84. The van der Waals surface area contributed by atoms with Crippen molar-refractivity contribution >= 4 is 5.69 Å². The second-order valence-corrected chi connectivity index (χ2v) is 3.96. The minimum absolute atomic E-state index is 0.130. The topological polar surface area (TPSA) is 51.0 Å². The maximum Gasteiger partial charge on any atom is 0.249 e. The van der Waals surface area contributed by atoms with E-state index in [2.05, 4.69) is 27.6 Å². The third kappa shape index (κ3) is 1.46. The third-order valence-corrected chi connectivity index (χ3v) is 2.87. The molecule has 0 spiro atoms. The summed E-state index contributed by atoms with van der Waals surface area (Å²) in [5, 5.41) is 7.31. The van der Waals surface area contributed by atoms with Crippen molar-refractivity contribution in [1.29, 1.82) is 0 Å². The maximum absolute atomic E-state index is 5.25. The molecule has 4 heteroatoms. The van der Waals surface area contributed by atoms with E-state index >= 15 is 0 Å². The summed E-state index contributed by atoms with van der Waals surface area (Å²) < 4.78 is 5.25. The van der Waals surface area contributed by atoms with Gasteiger partial charge < -0.3 is 9.84 Å². The van der Waals surface area contributed by atoms with Crippen molar-refractivity contribution in [1.82, 2.24) is 10.1 Å². The molecule has 0 fully saturated rings. The molecule has 0 radical (unpaired) electrons. The summed E-state index contributed by atoms with van der Waals surface area (Å²) in [5.74, 6) is 1.46. The van der Waals surface area contributed by atoms with Gasteiger partial charge in [-0.1, -0.05) is 30.3 Å². The van der Waals surface area contributed by atoms with Crippen LogP contribution in [-0.2, 0) is 12.8 Å². The largest absolute Gasteiger partial charge is 0.373 e. The molecule has 1 atom stereocenters. The van der Waals surface area contributed by atoms with E-state index in [0.717, 1.165) is 18.7 Å². The summed E-state index contributed by atoms with van der Waals surface area (Å²) in [4.78, 5) is 4.35. The Morgan fingerprint density at radius 1 is 1.44 bits per heavy atom. The number of anilines is 1. The Morgan fingerprint density at radius 2 is 2.31 bits per heavy atom. The van der Waals surface area contributed by atoms with Gasteiger partial charge in [0.25, 0.3) is 0 Å². The van der Waals surface area contributed by atoms with E-state index in [1.165, 1.54) is 11.3 Å². The Balaban J connectivity index is 1.85. The highest BCUT2D eigenvalue weighted by Crippen LogP contribution is 2.32. The number of nitrogens with one attached hydrogen (secondary N) is 1. The lowest BCUT2D eigenvalue weighted by Gasteiger charge is -2.04. The van der Waals surface area contributed by atoms with Crippen LogP contribution in [0, 0.1) is 0 Å². The molecule has 1 aromatic heterocycles. The number of benzene rings is 1. The molecule has 1 aliphatic heterocycles. The van der Waals surface area contributed by atoms with Gasteiger partial charge in [-0.3, -0.25) is 0 Å². The summed E-state index contributed by atoms with van der Waals surface area (Å²) in [7, 11) is 0. The lowest BCUT2D eigenvalue weighted by atomic mass is 10.1. The van der Waals surface area contributed by atoms with E-state index in [4.69, 9.17) is 4.52 Å². The van der Waals surface area contributed by atoms with Crippen molar-refractivity contribution in [2.45, 2.75) is 25.8 Å². The van der Waals surface area contributed by atoms with E-state index in [9.17, 15) is 0 Å². The van der Waals surface area contributed by atoms with Crippen molar-refractivity contribution in [3.05, 3.63) is 41.5 Å². The number of nitrogens with zero attached hydrogens (tertiary/aromatic N) is 2. The third-order valence-electron chi connectivity index (χ3n) is 2.87. The molecule has 0 aliphatic carbocycles. The van der Waals surface area contributed by atoms with E-state index in [1.807, 2.05) is 19.1 Å². The highest BCUT2D eigenvalue weighted by molar-refractivity contribution is 5.56. The Labute approximate surface area is 93.7 Å². The average molecular weight is 215 g/mol. The zero-order valence-electron chi connectivity index (χ0n) is 9.10. The molecule has 1 aromatic carbocycles. The second kappa shape index (κ2) is 3.63. The number of aryl methyl sites for hydroxylation is 1. The van der Waals surface area contributed by atoms with Crippen LogP contribution in [0.15, 0.2) is 28.8 Å². The minimum atomic E-state index is 0.130. The van der Waals surface area contributed by atoms with E-state index in [1.54, 1.807) is 0 Å². The van der Waals surface area contributed by atoms with Crippen LogP contribution in [0.25, 0.3) is 0 Å². The first-order chi connectivity index (χ1) is 7.86. The molecule has 0 unspecified atom stereocenters. The van der Waals surface area contributed by atoms with Crippen molar-refractivity contribution < 1.29 is 4.52 Å². The van der Waals surface area contributed by atoms with Gasteiger partial charge in [0.05, 0.1) is 0 Å². The molecular weight excluding hydrogens is 202 g/mol. The second-order valence-electron chi connectivity index (χ2n) is 3.96. The standard InChI is InChI=1S/C12H13N3O/c1-2-11-14-12(16-15-11)10-7-8-5-3-4-6-9(8)13-10/h3-6,10,13H,2,7H2,1H3/t10-/m0/s1. The number of para-hydroxylation sites is 1. The van der Waals surface area contributed by atoms with E-state index in [-0.39, 0.29) is 6.04 Å². The fourth-order valence-corrected chi connectivity index (χ4v) is 2.00. The van der Waals surface area contributed by atoms with Crippen LogP contribution < -0.4 is 5.32 Å². The predicted molar refractivity (Wildman–Crippen MR) is 60.2 cm³/mol. The van der Waals surface area contributed by atoms with Crippen LogP contribution in [0.2, 0.25) is 0 Å². The molecule has 1 aliphatic rings. The van der Waals surface area contributed by atoms with E-state index < -0.39 is 0 Å². The molecule has 1 N–H and O–H groups in total. The predicted octanol–water partition coefficient (Wildman–Crippen LogP) is 2.34. The smallest absolute Gasteiger partial charge is 0.249 e. The van der Waals surface area contributed by atoms with Gasteiger partial charge in [0.15, 0.2) is 5.82 Å². The molecule has 82 valence electrons. The van der Waals surface area contributed by atoms with Crippen molar-refractivity contribution in [2.24, 2.45) is 0 Å². The van der Waals surface area contributed by atoms with Gasteiger partial charge in [0, 0.05) is 18.5 Å². The first kappa shape index (κ1) is 9.39. The zero-order chi connectivity index (χ0) is 11.0. The molecule has 4 nitrogen and oxygen atoms in total. The number of hydrogen-bond donors (Lipinski definition) is 1. The maximum atomic E-state index is 5.25.